The molecule has 5 nitrogen and oxygen atoms in total. The minimum atomic E-state index is -0.394. The van der Waals surface area contributed by atoms with Crippen molar-refractivity contribution in [3.8, 4) is 0 Å². The lowest BCUT2D eigenvalue weighted by atomic mass is 10.1. The average molecular weight is 349 g/mol. The van der Waals surface area contributed by atoms with Gasteiger partial charge in [-0.15, -0.1) is 0 Å². The number of benzene rings is 1. The van der Waals surface area contributed by atoms with Gasteiger partial charge in [-0.25, -0.2) is 4.39 Å². The molecule has 25 heavy (non-hydrogen) atoms. The number of nitrogens with one attached hydrogen (secondary N) is 2. The highest BCUT2D eigenvalue weighted by Crippen LogP contribution is 2.09. The minimum absolute atomic E-state index is 0.0112. The van der Waals surface area contributed by atoms with Crippen molar-refractivity contribution in [2.24, 2.45) is 0 Å². The number of aryl methyl sites for hydroxylation is 1. The van der Waals surface area contributed by atoms with E-state index in [0.717, 1.165) is 19.4 Å². The number of likely N-dealkylation sites (tertiary alicyclic amines) is 1. The zero-order chi connectivity index (χ0) is 18.1. The van der Waals surface area contributed by atoms with E-state index in [-0.39, 0.29) is 17.4 Å². The van der Waals surface area contributed by atoms with Crippen LogP contribution in [0.5, 0.6) is 0 Å². The van der Waals surface area contributed by atoms with Crippen LogP contribution >= 0.6 is 0 Å². The molecule has 0 radical (unpaired) electrons. The Morgan fingerprint density at radius 3 is 2.56 bits per heavy atom. The zero-order valence-electron chi connectivity index (χ0n) is 14.9. The van der Waals surface area contributed by atoms with Crippen LogP contribution in [-0.4, -0.2) is 49.4 Å². The number of rotatable bonds is 9. The average Bonchev–Trinajstić information content (AvgIpc) is 3.11. The van der Waals surface area contributed by atoms with E-state index in [1.807, 2.05) is 0 Å². The van der Waals surface area contributed by atoms with Crippen molar-refractivity contribution >= 4 is 11.8 Å². The second kappa shape index (κ2) is 10.1. The Morgan fingerprint density at radius 1 is 1.12 bits per heavy atom. The first kappa shape index (κ1) is 19.4. The van der Waals surface area contributed by atoms with Crippen LogP contribution in [0.3, 0.4) is 0 Å². The quantitative estimate of drug-likeness (QED) is 0.672. The maximum atomic E-state index is 13.4. The molecule has 0 aliphatic carbocycles. The van der Waals surface area contributed by atoms with Crippen LogP contribution in [0.1, 0.15) is 48.0 Å². The number of amides is 2. The largest absolute Gasteiger partial charge is 0.354 e. The van der Waals surface area contributed by atoms with Gasteiger partial charge in [-0.1, -0.05) is 6.07 Å². The summed E-state index contributed by atoms with van der Waals surface area (Å²) in [7, 11) is 0. The standard InChI is InChI=1S/C19H28FN3O2/c1-15-7-8-16(14-17(15)20)19(25)22-10-9-21-18(24)6-2-3-11-23-12-4-5-13-23/h7-8,14H,2-6,9-13H2,1H3,(H,21,24)(H,22,25). The first-order valence-electron chi connectivity index (χ1n) is 9.09. The van der Waals surface area contributed by atoms with Crippen LogP contribution in [0.2, 0.25) is 0 Å². The Morgan fingerprint density at radius 2 is 1.84 bits per heavy atom. The van der Waals surface area contributed by atoms with Gasteiger partial charge in [0.05, 0.1) is 0 Å². The number of hydrogen-bond donors (Lipinski definition) is 2. The molecule has 2 amide bonds. The molecule has 2 N–H and O–H groups in total. The smallest absolute Gasteiger partial charge is 0.251 e. The van der Waals surface area contributed by atoms with Crippen LogP contribution in [-0.2, 0) is 4.79 Å². The number of halogens is 1. The molecule has 0 bridgehead atoms. The van der Waals surface area contributed by atoms with E-state index >= 15 is 0 Å². The number of carbonyl (C=O) groups excluding carboxylic acids is 2. The summed E-state index contributed by atoms with van der Waals surface area (Å²) in [6.07, 6.45) is 5.04. The summed E-state index contributed by atoms with van der Waals surface area (Å²) in [6, 6.07) is 4.39. The van der Waals surface area contributed by atoms with Crippen LogP contribution < -0.4 is 10.6 Å². The molecular weight excluding hydrogens is 321 g/mol. The van der Waals surface area contributed by atoms with Crippen molar-refractivity contribution < 1.29 is 14.0 Å². The van der Waals surface area contributed by atoms with Crippen LogP contribution in [0.15, 0.2) is 18.2 Å². The molecule has 0 saturated carbocycles. The highest BCUT2D eigenvalue weighted by molar-refractivity contribution is 5.94. The highest BCUT2D eigenvalue weighted by Gasteiger charge is 2.11. The first-order chi connectivity index (χ1) is 12.1. The third-order valence-electron chi connectivity index (χ3n) is 4.49. The van der Waals surface area contributed by atoms with Crippen LogP contribution in [0, 0.1) is 12.7 Å². The van der Waals surface area contributed by atoms with Gasteiger partial charge in [0.2, 0.25) is 5.91 Å². The number of nitrogens with zero attached hydrogens (tertiary/aromatic N) is 1. The third-order valence-corrected chi connectivity index (χ3v) is 4.49. The Hall–Kier alpha value is -1.95. The lowest BCUT2D eigenvalue weighted by Gasteiger charge is -2.13. The first-order valence-corrected chi connectivity index (χ1v) is 9.09. The van der Waals surface area contributed by atoms with Crippen molar-refractivity contribution in [2.75, 3.05) is 32.7 Å². The van der Waals surface area contributed by atoms with Gasteiger partial charge in [-0.3, -0.25) is 9.59 Å². The van der Waals surface area contributed by atoms with E-state index in [1.165, 1.54) is 32.0 Å². The molecule has 1 aliphatic rings. The molecule has 2 rings (SSSR count). The predicted octanol–water partition coefficient (Wildman–Crippen LogP) is 2.25. The minimum Gasteiger partial charge on any atom is -0.354 e. The zero-order valence-corrected chi connectivity index (χ0v) is 14.9. The number of unbranched alkanes of at least 4 members (excludes halogenated alkanes) is 1. The molecule has 1 aliphatic heterocycles. The highest BCUT2D eigenvalue weighted by atomic mass is 19.1. The van der Waals surface area contributed by atoms with Crippen molar-refractivity contribution in [1.82, 2.24) is 15.5 Å². The summed E-state index contributed by atoms with van der Waals surface area (Å²) in [5.74, 6) is -0.717. The van der Waals surface area contributed by atoms with Crippen molar-refractivity contribution in [2.45, 2.75) is 39.0 Å². The summed E-state index contributed by atoms with van der Waals surface area (Å²) in [5.41, 5.74) is 0.796. The monoisotopic (exact) mass is 349 g/mol. The Labute approximate surface area is 149 Å². The summed E-state index contributed by atoms with van der Waals surface area (Å²) >= 11 is 0. The molecule has 138 valence electrons. The van der Waals surface area contributed by atoms with E-state index in [4.69, 9.17) is 0 Å². The van der Waals surface area contributed by atoms with Crippen LogP contribution in [0.25, 0.3) is 0 Å². The molecule has 1 heterocycles. The fourth-order valence-electron chi connectivity index (χ4n) is 2.93. The van der Waals surface area contributed by atoms with Gasteiger partial charge >= 0.3 is 0 Å². The van der Waals surface area contributed by atoms with Gasteiger partial charge in [0.25, 0.3) is 5.91 Å². The Kier molecular flexibility index (Phi) is 7.85. The molecular formula is C19H28FN3O2. The molecule has 1 fully saturated rings. The van der Waals surface area contributed by atoms with E-state index in [0.29, 0.717) is 25.1 Å². The summed E-state index contributed by atoms with van der Waals surface area (Å²) < 4.78 is 13.4. The van der Waals surface area contributed by atoms with E-state index in [2.05, 4.69) is 15.5 Å². The second-order valence-electron chi connectivity index (χ2n) is 6.58. The molecule has 0 atom stereocenters. The Bertz CT molecular complexity index is 586. The molecule has 0 unspecified atom stereocenters. The lowest BCUT2D eigenvalue weighted by Crippen LogP contribution is -2.34. The fourth-order valence-corrected chi connectivity index (χ4v) is 2.93. The van der Waals surface area contributed by atoms with E-state index in [9.17, 15) is 14.0 Å². The summed E-state index contributed by atoms with van der Waals surface area (Å²) in [5, 5.41) is 5.48. The summed E-state index contributed by atoms with van der Waals surface area (Å²) in [4.78, 5) is 26.1. The molecule has 0 spiro atoms. The number of carbonyl (C=O) groups is 2. The predicted molar refractivity (Wildman–Crippen MR) is 96.0 cm³/mol. The van der Waals surface area contributed by atoms with Gasteiger partial charge < -0.3 is 15.5 Å². The summed E-state index contributed by atoms with van der Waals surface area (Å²) in [6.45, 7) is 5.82. The SMILES string of the molecule is Cc1ccc(C(=O)NCCNC(=O)CCCCN2CCCC2)cc1F. The molecule has 0 aromatic heterocycles. The van der Waals surface area contributed by atoms with Gasteiger partial charge in [-0.2, -0.15) is 0 Å². The Balaban J connectivity index is 1.53. The maximum Gasteiger partial charge on any atom is 0.251 e. The van der Waals surface area contributed by atoms with Gasteiger partial charge in [0.15, 0.2) is 0 Å². The topological polar surface area (TPSA) is 61.4 Å². The normalized spacial score (nSPS) is 14.5. The molecule has 6 heteroatoms. The van der Waals surface area contributed by atoms with Crippen molar-refractivity contribution in [3.63, 3.8) is 0 Å². The van der Waals surface area contributed by atoms with Crippen molar-refractivity contribution in [1.29, 1.82) is 0 Å². The van der Waals surface area contributed by atoms with Gasteiger partial charge in [0, 0.05) is 25.1 Å². The van der Waals surface area contributed by atoms with E-state index in [1.54, 1.807) is 19.1 Å². The maximum absolute atomic E-state index is 13.4. The van der Waals surface area contributed by atoms with Gasteiger partial charge in [0.1, 0.15) is 5.82 Å². The molecule has 1 aromatic rings. The van der Waals surface area contributed by atoms with Gasteiger partial charge in [-0.05, 0) is 69.9 Å². The van der Waals surface area contributed by atoms with Crippen LogP contribution in [0.4, 0.5) is 4.39 Å². The third kappa shape index (κ3) is 6.82. The lowest BCUT2D eigenvalue weighted by molar-refractivity contribution is -0.121. The van der Waals surface area contributed by atoms with E-state index < -0.39 is 5.82 Å². The molecule has 1 saturated heterocycles. The molecule has 1 aromatic carbocycles. The second-order valence-corrected chi connectivity index (χ2v) is 6.58. The van der Waals surface area contributed by atoms with Crippen molar-refractivity contribution in [3.05, 3.63) is 35.1 Å². The fraction of sp³-hybridized carbons (Fsp3) is 0.579. The number of hydrogen-bond acceptors (Lipinski definition) is 3.